The number of anilines is 2. The molecule has 0 saturated carbocycles. The Bertz CT molecular complexity index is 724. The van der Waals surface area contributed by atoms with Gasteiger partial charge in [-0.2, -0.15) is 0 Å². The summed E-state index contributed by atoms with van der Waals surface area (Å²) in [6.45, 7) is 2.62. The zero-order valence-electron chi connectivity index (χ0n) is 12.3. The first-order chi connectivity index (χ1) is 10.4. The summed E-state index contributed by atoms with van der Waals surface area (Å²) in [5.74, 6) is -0.184. The molecule has 0 fully saturated rings. The quantitative estimate of drug-likeness (QED) is 0.512. The van der Waals surface area contributed by atoms with Gasteiger partial charge in [-0.1, -0.05) is 12.1 Å². The average molecular weight is 300 g/mol. The normalized spacial score (nSPS) is 10.1. The Labute approximate surface area is 127 Å². The largest absolute Gasteiger partial charge is 0.427 e. The highest BCUT2D eigenvalue weighted by atomic mass is 16.5. The molecule has 0 aliphatic carbocycles. The van der Waals surface area contributed by atoms with E-state index in [0.29, 0.717) is 17.0 Å². The lowest BCUT2D eigenvalue weighted by Crippen LogP contribution is -2.06. The molecule has 0 aliphatic rings. The summed E-state index contributed by atoms with van der Waals surface area (Å²) in [5.41, 5.74) is 13.9. The minimum absolute atomic E-state index is 0.205. The maximum absolute atomic E-state index is 11.0. The average Bonchev–Trinajstić information content (AvgIpc) is 2.44. The van der Waals surface area contributed by atoms with E-state index in [1.165, 1.54) is 13.8 Å². The van der Waals surface area contributed by atoms with Crippen LogP contribution in [0.25, 0.3) is 11.1 Å². The SMILES string of the molecule is CC(=O)Oc1ccc(-c2ccc(OC(C)=O)c(N)c2N)cc1. The number of rotatable bonds is 3. The Morgan fingerprint density at radius 3 is 1.95 bits per heavy atom. The van der Waals surface area contributed by atoms with Crippen LogP contribution in [0.2, 0.25) is 0 Å². The van der Waals surface area contributed by atoms with Crippen molar-refractivity contribution in [2.45, 2.75) is 13.8 Å². The molecule has 6 heteroatoms. The van der Waals surface area contributed by atoms with Gasteiger partial charge in [0.05, 0.1) is 11.4 Å². The zero-order valence-corrected chi connectivity index (χ0v) is 12.3. The van der Waals surface area contributed by atoms with Gasteiger partial charge in [0.25, 0.3) is 0 Å². The van der Waals surface area contributed by atoms with Crippen LogP contribution in [0.5, 0.6) is 11.5 Å². The molecule has 6 nitrogen and oxygen atoms in total. The second-order valence-electron chi connectivity index (χ2n) is 4.65. The van der Waals surface area contributed by atoms with Crippen LogP contribution < -0.4 is 20.9 Å². The highest BCUT2D eigenvalue weighted by molar-refractivity contribution is 5.89. The fourth-order valence-corrected chi connectivity index (χ4v) is 1.98. The fraction of sp³-hybridized carbons (Fsp3) is 0.125. The van der Waals surface area contributed by atoms with E-state index in [9.17, 15) is 9.59 Å². The number of hydrogen-bond acceptors (Lipinski definition) is 6. The topological polar surface area (TPSA) is 105 Å². The van der Waals surface area contributed by atoms with E-state index in [2.05, 4.69) is 0 Å². The lowest BCUT2D eigenvalue weighted by atomic mass is 10.0. The summed E-state index contributed by atoms with van der Waals surface area (Å²) in [5, 5.41) is 0. The summed E-state index contributed by atoms with van der Waals surface area (Å²) >= 11 is 0. The third-order valence-corrected chi connectivity index (χ3v) is 2.93. The van der Waals surface area contributed by atoms with E-state index < -0.39 is 5.97 Å². The van der Waals surface area contributed by atoms with Crippen LogP contribution >= 0.6 is 0 Å². The lowest BCUT2D eigenvalue weighted by molar-refractivity contribution is -0.132. The van der Waals surface area contributed by atoms with Crippen molar-refractivity contribution in [2.75, 3.05) is 11.5 Å². The van der Waals surface area contributed by atoms with E-state index in [1.807, 2.05) is 0 Å². The number of esters is 2. The molecule has 2 aromatic carbocycles. The van der Waals surface area contributed by atoms with Crippen molar-refractivity contribution in [1.29, 1.82) is 0 Å². The molecule has 2 aromatic rings. The Morgan fingerprint density at radius 1 is 0.818 bits per heavy atom. The number of nitrogens with two attached hydrogens (primary N) is 2. The van der Waals surface area contributed by atoms with Gasteiger partial charge in [0.1, 0.15) is 5.75 Å². The summed E-state index contributed by atoms with van der Waals surface area (Å²) in [6.07, 6.45) is 0. The number of benzene rings is 2. The van der Waals surface area contributed by atoms with Crippen molar-refractivity contribution < 1.29 is 19.1 Å². The van der Waals surface area contributed by atoms with E-state index in [0.717, 1.165) is 5.56 Å². The number of carbonyl (C=O) groups is 2. The molecular formula is C16H16N2O4. The maximum atomic E-state index is 11.0. The van der Waals surface area contributed by atoms with E-state index in [4.69, 9.17) is 20.9 Å². The number of hydrogen-bond donors (Lipinski definition) is 2. The van der Waals surface area contributed by atoms with Crippen molar-refractivity contribution in [3.63, 3.8) is 0 Å². The van der Waals surface area contributed by atoms with Crippen molar-refractivity contribution >= 4 is 23.3 Å². The molecule has 2 rings (SSSR count). The first kappa shape index (κ1) is 15.4. The highest BCUT2D eigenvalue weighted by Crippen LogP contribution is 2.37. The van der Waals surface area contributed by atoms with Gasteiger partial charge in [-0.05, 0) is 29.8 Å². The first-order valence-corrected chi connectivity index (χ1v) is 6.53. The molecule has 0 atom stereocenters. The Balaban J connectivity index is 2.34. The van der Waals surface area contributed by atoms with Gasteiger partial charge in [-0.25, -0.2) is 0 Å². The number of ether oxygens (including phenoxy) is 2. The van der Waals surface area contributed by atoms with Crippen LogP contribution in [-0.4, -0.2) is 11.9 Å². The molecule has 0 amide bonds. The standard InChI is InChI=1S/C16H16N2O4/c1-9(19)21-12-5-3-11(4-6-12)13-7-8-14(22-10(2)20)16(18)15(13)17/h3-8H,17-18H2,1-2H3. The molecule has 0 spiro atoms. The zero-order chi connectivity index (χ0) is 16.3. The molecule has 0 heterocycles. The van der Waals surface area contributed by atoms with E-state index in [1.54, 1.807) is 36.4 Å². The first-order valence-electron chi connectivity index (χ1n) is 6.53. The Morgan fingerprint density at radius 2 is 1.41 bits per heavy atom. The fourth-order valence-electron chi connectivity index (χ4n) is 1.98. The Hall–Kier alpha value is -3.02. The monoisotopic (exact) mass is 300 g/mol. The van der Waals surface area contributed by atoms with Gasteiger partial charge in [0.2, 0.25) is 0 Å². The van der Waals surface area contributed by atoms with Crippen LogP contribution in [0.3, 0.4) is 0 Å². The lowest BCUT2D eigenvalue weighted by Gasteiger charge is -2.12. The van der Waals surface area contributed by atoms with E-state index in [-0.39, 0.29) is 17.4 Å². The van der Waals surface area contributed by atoms with Crippen LogP contribution in [0.15, 0.2) is 36.4 Å². The van der Waals surface area contributed by atoms with Gasteiger partial charge < -0.3 is 20.9 Å². The number of carbonyl (C=O) groups excluding carboxylic acids is 2. The van der Waals surface area contributed by atoms with Crippen LogP contribution in [-0.2, 0) is 9.59 Å². The van der Waals surface area contributed by atoms with Gasteiger partial charge in [0.15, 0.2) is 5.75 Å². The molecule has 4 N–H and O–H groups in total. The second kappa shape index (κ2) is 6.17. The highest BCUT2D eigenvalue weighted by Gasteiger charge is 2.12. The van der Waals surface area contributed by atoms with Gasteiger partial charge in [0, 0.05) is 19.4 Å². The Kier molecular flexibility index (Phi) is 4.31. The smallest absolute Gasteiger partial charge is 0.308 e. The maximum Gasteiger partial charge on any atom is 0.308 e. The molecule has 114 valence electrons. The van der Waals surface area contributed by atoms with Crippen LogP contribution in [0, 0.1) is 0 Å². The summed E-state index contributed by atoms with van der Waals surface area (Å²) < 4.78 is 9.95. The molecule has 0 unspecified atom stereocenters. The second-order valence-corrected chi connectivity index (χ2v) is 4.65. The summed E-state index contributed by atoms with van der Waals surface area (Å²) in [4.78, 5) is 21.9. The van der Waals surface area contributed by atoms with E-state index >= 15 is 0 Å². The third-order valence-electron chi connectivity index (χ3n) is 2.93. The van der Waals surface area contributed by atoms with Crippen molar-refractivity contribution in [2.24, 2.45) is 0 Å². The minimum atomic E-state index is -0.468. The molecule has 0 saturated heterocycles. The van der Waals surface area contributed by atoms with Gasteiger partial charge in [-0.15, -0.1) is 0 Å². The minimum Gasteiger partial charge on any atom is -0.427 e. The summed E-state index contributed by atoms with van der Waals surface area (Å²) in [6, 6.07) is 10.1. The predicted molar refractivity (Wildman–Crippen MR) is 83.3 cm³/mol. The molecule has 0 bridgehead atoms. The van der Waals surface area contributed by atoms with Crippen molar-refractivity contribution in [3.05, 3.63) is 36.4 Å². The van der Waals surface area contributed by atoms with Crippen molar-refractivity contribution in [1.82, 2.24) is 0 Å². The van der Waals surface area contributed by atoms with Crippen LogP contribution in [0.4, 0.5) is 11.4 Å². The number of nitrogen functional groups attached to an aromatic ring is 2. The van der Waals surface area contributed by atoms with Crippen molar-refractivity contribution in [3.8, 4) is 22.6 Å². The molecule has 0 radical (unpaired) electrons. The molecule has 0 aromatic heterocycles. The van der Waals surface area contributed by atoms with Gasteiger partial charge in [-0.3, -0.25) is 9.59 Å². The predicted octanol–water partition coefficient (Wildman–Crippen LogP) is 2.37. The molecule has 0 aliphatic heterocycles. The third kappa shape index (κ3) is 3.35. The van der Waals surface area contributed by atoms with Gasteiger partial charge >= 0.3 is 11.9 Å². The van der Waals surface area contributed by atoms with Crippen LogP contribution in [0.1, 0.15) is 13.8 Å². The summed E-state index contributed by atoms with van der Waals surface area (Å²) in [7, 11) is 0. The molecular weight excluding hydrogens is 284 g/mol. The molecule has 22 heavy (non-hydrogen) atoms.